The van der Waals surface area contributed by atoms with Gasteiger partial charge in [-0.15, -0.1) is 0 Å². The summed E-state index contributed by atoms with van der Waals surface area (Å²) in [7, 11) is 0. The molecule has 0 unspecified atom stereocenters. The van der Waals surface area contributed by atoms with Gasteiger partial charge in [-0.05, 0) is 69.3 Å². The largest absolute Gasteiger partial charge is 0.0683 e. The van der Waals surface area contributed by atoms with Crippen molar-refractivity contribution in [3.63, 3.8) is 0 Å². The Morgan fingerprint density at radius 1 is 0.355 bits per heavy atom. The Hall–Kier alpha value is -3.64. The fraction of sp³-hybridized carbons (Fsp3) is 0.0968. The quantitative estimate of drug-likeness (QED) is 0.283. The fourth-order valence-electron chi connectivity index (χ4n) is 3.95. The molecule has 0 saturated carbocycles. The summed E-state index contributed by atoms with van der Waals surface area (Å²) in [5.41, 5.74) is 8.78. The van der Waals surface area contributed by atoms with E-state index in [0.29, 0.717) is 0 Å². The van der Waals surface area contributed by atoms with Crippen LogP contribution in [-0.4, -0.2) is 0 Å². The first kappa shape index (κ1) is 20.6. The zero-order valence-electron chi connectivity index (χ0n) is 18.5. The molecule has 0 nitrogen and oxygen atoms in total. The number of fused-ring (bicyclic) bond motifs is 1. The predicted molar refractivity (Wildman–Crippen MR) is 136 cm³/mol. The van der Waals surface area contributed by atoms with E-state index in [1.165, 1.54) is 49.7 Å². The first-order valence-electron chi connectivity index (χ1n) is 11.0. The van der Waals surface area contributed by atoms with Crippen molar-refractivity contribution in [2.24, 2.45) is 0 Å². The third-order valence-corrected chi connectivity index (χ3v) is 5.49. The molecular formula is C31H28. The maximum Gasteiger partial charge on any atom is -0.0177 e. The Kier molecular flexibility index (Phi) is 6.29. The lowest BCUT2D eigenvalue weighted by molar-refractivity contribution is 1.47. The molecule has 0 heterocycles. The zero-order valence-corrected chi connectivity index (χ0v) is 18.5. The second-order valence-corrected chi connectivity index (χ2v) is 7.59. The third kappa shape index (κ3) is 4.59. The Bertz CT molecular complexity index is 1310. The van der Waals surface area contributed by atoms with Gasteiger partial charge in [-0.25, -0.2) is 0 Å². The van der Waals surface area contributed by atoms with Crippen molar-refractivity contribution >= 4 is 10.8 Å². The van der Waals surface area contributed by atoms with Crippen LogP contribution in [0.1, 0.15) is 19.4 Å². The summed E-state index contributed by atoms with van der Waals surface area (Å²) >= 11 is 0. The van der Waals surface area contributed by atoms with Crippen LogP contribution in [0.25, 0.3) is 44.2 Å². The smallest absolute Gasteiger partial charge is 0.0177 e. The van der Waals surface area contributed by atoms with Gasteiger partial charge in [-0.3, -0.25) is 0 Å². The van der Waals surface area contributed by atoms with Gasteiger partial charge in [0.1, 0.15) is 0 Å². The van der Waals surface area contributed by atoms with Gasteiger partial charge in [0.25, 0.3) is 0 Å². The molecule has 0 aliphatic heterocycles. The highest BCUT2D eigenvalue weighted by molar-refractivity contribution is 5.88. The lowest BCUT2D eigenvalue weighted by atomic mass is 9.95. The minimum Gasteiger partial charge on any atom is -0.0683 e. The van der Waals surface area contributed by atoms with E-state index < -0.39 is 0 Å². The average molecular weight is 401 g/mol. The number of rotatable bonds is 3. The van der Waals surface area contributed by atoms with Gasteiger partial charge in [0.05, 0.1) is 0 Å². The van der Waals surface area contributed by atoms with Crippen LogP contribution in [0.4, 0.5) is 0 Å². The van der Waals surface area contributed by atoms with Gasteiger partial charge in [-0.2, -0.15) is 0 Å². The minimum absolute atomic E-state index is 1.24. The molecule has 0 spiro atoms. The van der Waals surface area contributed by atoms with Crippen molar-refractivity contribution in [3.05, 3.63) is 121 Å². The molecule has 152 valence electrons. The third-order valence-electron chi connectivity index (χ3n) is 5.49. The van der Waals surface area contributed by atoms with Crippen LogP contribution >= 0.6 is 0 Å². The second-order valence-electron chi connectivity index (χ2n) is 7.59. The van der Waals surface area contributed by atoms with Crippen molar-refractivity contribution in [2.75, 3.05) is 0 Å². The molecule has 0 aromatic heterocycles. The van der Waals surface area contributed by atoms with Gasteiger partial charge >= 0.3 is 0 Å². The highest BCUT2D eigenvalue weighted by atomic mass is 14.1. The summed E-state index contributed by atoms with van der Waals surface area (Å²) in [5, 5.41) is 2.55. The molecule has 0 N–H and O–H groups in total. The van der Waals surface area contributed by atoms with Gasteiger partial charge in [-0.1, -0.05) is 116 Å². The molecule has 5 aromatic carbocycles. The van der Waals surface area contributed by atoms with E-state index in [4.69, 9.17) is 0 Å². The van der Waals surface area contributed by atoms with Crippen LogP contribution in [0, 0.1) is 6.92 Å². The minimum atomic E-state index is 1.24. The molecule has 5 aromatic rings. The highest BCUT2D eigenvalue weighted by Crippen LogP contribution is 2.31. The second kappa shape index (κ2) is 9.45. The molecule has 0 saturated heterocycles. The Morgan fingerprint density at radius 3 is 1.35 bits per heavy atom. The normalized spacial score (nSPS) is 10.4. The molecule has 0 fully saturated rings. The number of hydrogen-bond acceptors (Lipinski definition) is 0. The van der Waals surface area contributed by atoms with E-state index >= 15 is 0 Å². The summed E-state index contributed by atoms with van der Waals surface area (Å²) in [6.45, 7) is 6.14. The Labute approximate surface area is 185 Å². The molecule has 0 amide bonds. The van der Waals surface area contributed by atoms with Gasteiger partial charge in [0, 0.05) is 0 Å². The van der Waals surface area contributed by atoms with Crippen molar-refractivity contribution in [1.82, 2.24) is 0 Å². The molecule has 0 radical (unpaired) electrons. The maximum absolute atomic E-state index is 2.29. The molecular weight excluding hydrogens is 372 g/mol. The molecule has 0 aliphatic carbocycles. The Morgan fingerprint density at radius 2 is 0.806 bits per heavy atom. The summed E-state index contributed by atoms with van der Waals surface area (Å²) in [4.78, 5) is 0. The SMILES string of the molecule is CC.Cc1cccc(-c2cccc(-c3cccc(-c4ccc5ccccc5c4)c3)c2)c1. The first-order chi connectivity index (χ1) is 15.3. The van der Waals surface area contributed by atoms with Crippen molar-refractivity contribution in [2.45, 2.75) is 20.8 Å². The number of aryl methyl sites for hydroxylation is 1. The number of hydrogen-bond donors (Lipinski definition) is 0. The van der Waals surface area contributed by atoms with E-state index in [1.807, 2.05) is 13.8 Å². The van der Waals surface area contributed by atoms with Crippen LogP contribution < -0.4 is 0 Å². The first-order valence-corrected chi connectivity index (χ1v) is 11.0. The van der Waals surface area contributed by atoms with Crippen LogP contribution in [0.15, 0.2) is 115 Å². The van der Waals surface area contributed by atoms with Gasteiger partial charge < -0.3 is 0 Å². The van der Waals surface area contributed by atoms with Gasteiger partial charge in [0.15, 0.2) is 0 Å². The van der Waals surface area contributed by atoms with Crippen molar-refractivity contribution < 1.29 is 0 Å². The van der Waals surface area contributed by atoms with Crippen molar-refractivity contribution in [3.8, 4) is 33.4 Å². The maximum atomic E-state index is 2.29. The predicted octanol–water partition coefficient (Wildman–Crippen LogP) is 9.18. The van der Waals surface area contributed by atoms with E-state index in [1.54, 1.807) is 0 Å². The summed E-state index contributed by atoms with van der Waals surface area (Å²) in [5.74, 6) is 0. The molecule has 0 aliphatic rings. The van der Waals surface area contributed by atoms with Gasteiger partial charge in [0.2, 0.25) is 0 Å². The lowest BCUT2D eigenvalue weighted by Gasteiger charge is -2.09. The van der Waals surface area contributed by atoms with Crippen LogP contribution in [0.2, 0.25) is 0 Å². The molecule has 0 bridgehead atoms. The van der Waals surface area contributed by atoms with Crippen LogP contribution in [-0.2, 0) is 0 Å². The average Bonchev–Trinajstić information content (AvgIpc) is 2.85. The summed E-state index contributed by atoms with van der Waals surface area (Å²) in [6.07, 6.45) is 0. The monoisotopic (exact) mass is 400 g/mol. The molecule has 31 heavy (non-hydrogen) atoms. The van der Waals surface area contributed by atoms with E-state index in [9.17, 15) is 0 Å². The zero-order chi connectivity index (χ0) is 21.6. The van der Waals surface area contributed by atoms with E-state index in [0.717, 1.165) is 0 Å². The topological polar surface area (TPSA) is 0 Å². The Balaban J connectivity index is 0.00000112. The molecule has 0 atom stereocenters. The molecule has 5 rings (SSSR count). The summed E-state index contributed by atoms with van der Waals surface area (Å²) < 4.78 is 0. The van der Waals surface area contributed by atoms with Crippen LogP contribution in [0.3, 0.4) is 0 Å². The highest BCUT2D eigenvalue weighted by Gasteiger charge is 2.05. The lowest BCUT2D eigenvalue weighted by Crippen LogP contribution is -1.84. The fourth-order valence-corrected chi connectivity index (χ4v) is 3.95. The van der Waals surface area contributed by atoms with E-state index in [2.05, 4.69) is 122 Å². The number of benzene rings is 5. The molecule has 0 heteroatoms. The van der Waals surface area contributed by atoms with Crippen molar-refractivity contribution in [1.29, 1.82) is 0 Å². The van der Waals surface area contributed by atoms with Crippen LogP contribution in [0.5, 0.6) is 0 Å². The van der Waals surface area contributed by atoms with E-state index in [-0.39, 0.29) is 0 Å². The standard InChI is InChI=1S/C29H22.C2H6/c1-21-7-4-10-23(17-21)25-11-5-12-26(19-25)27-13-6-14-28(20-27)29-16-15-22-8-2-3-9-24(22)18-29;1-2/h2-20H,1H3;1-2H3. The summed E-state index contributed by atoms with van der Waals surface area (Å²) in [6, 6.07) is 41.5.